The van der Waals surface area contributed by atoms with Crippen LogP contribution in [-0.4, -0.2) is 22.7 Å². The molecule has 0 amide bonds. The first kappa shape index (κ1) is 14.9. The zero-order valence-electron chi connectivity index (χ0n) is 10.5. The molecule has 1 aromatic carbocycles. The Labute approximate surface area is 106 Å². The van der Waals surface area contributed by atoms with Gasteiger partial charge >= 0.3 is 5.97 Å². The number of hydrogen-bond donors (Lipinski definition) is 2. The predicted molar refractivity (Wildman–Crippen MR) is 69.7 cm³/mol. The summed E-state index contributed by atoms with van der Waals surface area (Å²) >= 11 is 0. The highest BCUT2D eigenvalue weighted by Gasteiger charge is 2.43. The molecule has 6 heteroatoms. The van der Waals surface area contributed by atoms with Crippen LogP contribution in [0.1, 0.15) is 20.3 Å². The fourth-order valence-electron chi connectivity index (χ4n) is 1.54. The van der Waals surface area contributed by atoms with Crippen molar-refractivity contribution in [1.82, 2.24) is 0 Å². The number of carbonyl (C=O) groups is 1. The van der Waals surface area contributed by atoms with Crippen LogP contribution in [0.2, 0.25) is 0 Å². The Kier molecular flexibility index (Phi) is 4.68. The van der Waals surface area contributed by atoms with Gasteiger partial charge in [0.1, 0.15) is 5.28 Å². The molecule has 5 nitrogen and oxygen atoms in total. The van der Waals surface area contributed by atoms with Crippen molar-refractivity contribution in [2.24, 2.45) is 5.73 Å². The molecule has 100 valence electrons. The van der Waals surface area contributed by atoms with Gasteiger partial charge in [-0.2, -0.15) is 0 Å². The van der Waals surface area contributed by atoms with Crippen molar-refractivity contribution in [2.45, 2.75) is 25.5 Å². The zero-order valence-corrected chi connectivity index (χ0v) is 11.4. The van der Waals surface area contributed by atoms with Crippen LogP contribution in [0.5, 0.6) is 0 Å². The normalized spacial score (nSPS) is 17.6. The molecule has 3 N–H and O–H groups in total. The van der Waals surface area contributed by atoms with Gasteiger partial charge in [0.25, 0.3) is 0 Å². The predicted octanol–water partition coefficient (Wildman–Crippen LogP) is 1.21. The Morgan fingerprint density at radius 3 is 2.50 bits per heavy atom. The average Bonchev–Trinajstić information content (AvgIpc) is 2.29. The minimum atomic E-state index is -3.85. The van der Waals surface area contributed by atoms with Gasteiger partial charge in [-0.3, -0.25) is 9.36 Å². The Morgan fingerprint density at radius 2 is 2.00 bits per heavy atom. The maximum Gasteiger partial charge on any atom is 0.308 e. The number of nitrogens with two attached hydrogens (primary N) is 1. The summed E-state index contributed by atoms with van der Waals surface area (Å²) in [6.07, 6.45) is -0.302. The summed E-state index contributed by atoms with van der Waals surface area (Å²) in [5, 5.41) is -1.31. The first-order valence-electron chi connectivity index (χ1n) is 5.64. The van der Waals surface area contributed by atoms with Crippen molar-refractivity contribution in [3.63, 3.8) is 0 Å². The third-order valence-corrected chi connectivity index (χ3v) is 5.15. The first-order chi connectivity index (χ1) is 8.31. The molecule has 0 heterocycles. The molecular formula is C12H18NO4P. The minimum Gasteiger partial charge on any atom is -0.466 e. The van der Waals surface area contributed by atoms with Crippen LogP contribution in [0.15, 0.2) is 30.3 Å². The summed E-state index contributed by atoms with van der Waals surface area (Å²) in [7, 11) is -3.85. The fraction of sp³-hybridized carbons (Fsp3) is 0.417. The van der Waals surface area contributed by atoms with Crippen LogP contribution in [0.4, 0.5) is 0 Å². The van der Waals surface area contributed by atoms with Gasteiger partial charge in [-0.25, -0.2) is 0 Å². The summed E-state index contributed by atoms with van der Waals surface area (Å²) in [6, 6.07) is 8.09. The van der Waals surface area contributed by atoms with E-state index in [4.69, 9.17) is 10.5 Å². The third kappa shape index (κ3) is 3.19. The number of carbonyl (C=O) groups excluding carboxylic acids is 1. The lowest BCUT2D eigenvalue weighted by Gasteiger charge is -2.29. The first-order valence-corrected chi connectivity index (χ1v) is 7.30. The fourth-order valence-corrected chi connectivity index (χ4v) is 3.05. The number of benzene rings is 1. The lowest BCUT2D eigenvalue weighted by atomic mass is 10.2. The van der Waals surface area contributed by atoms with Crippen LogP contribution in [0.3, 0.4) is 0 Å². The Balaban J connectivity index is 2.96. The van der Waals surface area contributed by atoms with E-state index in [0.717, 1.165) is 0 Å². The molecule has 1 rings (SSSR count). The zero-order chi connectivity index (χ0) is 13.8. The molecule has 0 aliphatic rings. The Bertz CT molecular complexity index is 458. The van der Waals surface area contributed by atoms with Crippen molar-refractivity contribution in [1.29, 1.82) is 0 Å². The summed E-state index contributed by atoms with van der Waals surface area (Å²) in [5.74, 6) is -0.576. The van der Waals surface area contributed by atoms with E-state index < -0.39 is 18.6 Å². The summed E-state index contributed by atoms with van der Waals surface area (Å²) in [4.78, 5) is 21.6. The summed E-state index contributed by atoms with van der Waals surface area (Å²) in [5.41, 5.74) is 5.84. The van der Waals surface area contributed by atoms with E-state index in [9.17, 15) is 14.3 Å². The van der Waals surface area contributed by atoms with E-state index in [-0.39, 0.29) is 18.3 Å². The molecule has 0 bridgehead atoms. The Morgan fingerprint density at radius 1 is 1.44 bits per heavy atom. The molecule has 0 saturated heterocycles. The molecule has 0 aliphatic carbocycles. The minimum absolute atomic E-state index is 0.218. The molecule has 2 atom stereocenters. The standard InChI is InChI=1S/C12H18NO4P/c1-3-17-11(14)9-12(2,13)18(15,16)10-7-5-4-6-8-10/h4-8H,3,9,13H2,1-2H3,(H,15,16)/t12-/m1/s1. The largest absolute Gasteiger partial charge is 0.466 e. The van der Waals surface area contributed by atoms with Gasteiger partial charge in [-0.05, 0) is 26.0 Å². The molecule has 0 spiro atoms. The molecule has 0 radical (unpaired) electrons. The average molecular weight is 271 g/mol. The van der Waals surface area contributed by atoms with Crippen LogP contribution < -0.4 is 11.0 Å². The second-order valence-electron chi connectivity index (χ2n) is 4.25. The summed E-state index contributed by atoms with van der Waals surface area (Å²) in [6.45, 7) is 3.27. The highest BCUT2D eigenvalue weighted by Crippen LogP contribution is 2.51. The lowest BCUT2D eigenvalue weighted by Crippen LogP contribution is -2.41. The van der Waals surface area contributed by atoms with Crippen LogP contribution >= 0.6 is 7.37 Å². The molecule has 0 aliphatic heterocycles. The molecular weight excluding hydrogens is 253 g/mol. The van der Waals surface area contributed by atoms with Gasteiger partial charge < -0.3 is 15.4 Å². The van der Waals surface area contributed by atoms with Gasteiger partial charge in [0, 0.05) is 5.30 Å². The van der Waals surface area contributed by atoms with E-state index in [0.29, 0.717) is 0 Å². The smallest absolute Gasteiger partial charge is 0.308 e. The number of hydrogen-bond acceptors (Lipinski definition) is 4. The van der Waals surface area contributed by atoms with Gasteiger partial charge in [0.15, 0.2) is 0 Å². The van der Waals surface area contributed by atoms with E-state index in [1.54, 1.807) is 25.1 Å². The Hall–Kier alpha value is -1.16. The molecule has 0 fully saturated rings. The highest BCUT2D eigenvalue weighted by atomic mass is 31.2. The lowest BCUT2D eigenvalue weighted by molar-refractivity contribution is -0.143. The number of rotatable bonds is 5. The number of esters is 1. The maximum absolute atomic E-state index is 12.4. The third-order valence-electron chi connectivity index (χ3n) is 2.61. The summed E-state index contributed by atoms with van der Waals surface area (Å²) < 4.78 is 17.2. The molecule has 0 saturated carbocycles. The van der Waals surface area contributed by atoms with Gasteiger partial charge in [0.05, 0.1) is 13.0 Å². The monoisotopic (exact) mass is 271 g/mol. The van der Waals surface area contributed by atoms with Crippen molar-refractivity contribution in [2.75, 3.05) is 6.61 Å². The van der Waals surface area contributed by atoms with Gasteiger partial charge in [0.2, 0.25) is 7.37 Å². The quantitative estimate of drug-likeness (QED) is 0.620. The van der Waals surface area contributed by atoms with Crippen molar-refractivity contribution in [3.8, 4) is 0 Å². The topological polar surface area (TPSA) is 89.6 Å². The van der Waals surface area contributed by atoms with E-state index in [1.807, 2.05) is 0 Å². The van der Waals surface area contributed by atoms with Crippen molar-refractivity contribution >= 4 is 18.6 Å². The SMILES string of the molecule is CCOC(=O)C[C@](C)(N)P(=O)(O)c1ccccc1. The second kappa shape index (κ2) is 5.65. The van der Waals surface area contributed by atoms with E-state index >= 15 is 0 Å². The second-order valence-corrected chi connectivity index (χ2v) is 6.94. The highest BCUT2D eigenvalue weighted by molar-refractivity contribution is 7.67. The van der Waals surface area contributed by atoms with Crippen LogP contribution in [-0.2, 0) is 14.1 Å². The van der Waals surface area contributed by atoms with Crippen LogP contribution in [0, 0.1) is 0 Å². The van der Waals surface area contributed by atoms with E-state index in [2.05, 4.69) is 0 Å². The molecule has 1 aromatic rings. The van der Waals surface area contributed by atoms with E-state index in [1.165, 1.54) is 19.1 Å². The van der Waals surface area contributed by atoms with Crippen LogP contribution in [0.25, 0.3) is 0 Å². The molecule has 0 aromatic heterocycles. The molecule has 1 unspecified atom stereocenters. The van der Waals surface area contributed by atoms with Crippen molar-refractivity contribution < 1.29 is 19.0 Å². The van der Waals surface area contributed by atoms with Gasteiger partial charge in [-0.1, -0.05) is 18.2 Å². The molecule has 18 heavy (non-hydrogen) atoms. The maximum atomic E-state index is 12.4. The van der Waals surface area contributed by atoms with Crippen molar-refractivity contribution in [3.05, 3.63) is 30.3 Å². The van der Waals surface area contributed by atoms with Gasteiger partial charge in [-0.15, -0.1) is 0 Å². The number of ether oxygens (including phenoxy) is 1.